The molecule has 1 aromatic carbocycles. The average Bonchev–Trinajstić information content (AvgIpc) is 2.42. The second-order valence-electron chi connectivity index (χ2n) is 4.51. The molecular weight excluding hydrogens is 242 g/mol. The molecule has 2 N–H and O–H groups in total. The van der Waals surface area contributed by atoms with Gasteiger partial charge in [-0.3, -0.25) is 0 Å². The molecule has 0 aromatic heterocycles. The van der Waals surface area contributed by atoms with Crippen LogP contribution in [0.4, 0.5) is 0 Å². The zero-order chi connectivity index (χ0) is 14.1. The molecule has 0 heterocycles. The Bertz CT molecular complexity index is 366. The fraction of sp³-hybridized carbons (Fsp3) is 0.600. The highest BCUT2D eigenvalue weighted by atomic mass is 16.5. The first-order chi connectivity index (χ1) is 9.19. The number of ether oxygens (including phenoxy) is 3. The summed E-state index contributed by atoms with van der Waals surface area (Å²) in [5.41, 5.74) is 6.90. The summed E-state index contributed by atoms with van der Waals surface area (Å²) in [4.78, 5) is 0. The van der Waals surface area contributed by atoms with Crippen LogP contribution in [0.25, 0.3) is 0 Å². The summed E-state index contributed by atoms with van der Waals surface area (Å²) < 4.78 is 16.4. The lowest BCUT2D eigenvalue weighted by atomic mass is 10.1. The van der Waals surface area contributed by atoms with Gasteiger partial charge in [0.1, 0.15) is 18.1 Å². The van der Waals surface area contributed by atoms with E-state index in [0.717, 1.165) is 36.5 Å². The lowest BCUT2D eigenvalue weighted by Gasteiger charge is -2.15. The molecule has 1 aromatic rings. The molecule has 4 heteroatoms. The number of rotatable bonds is 9. The van der Waals surface area contributed by atoms with Crippen molar-refractivity contribution in [2.45, 2.75) is 32.7 Å². The van der Waals surface area contributed by atoms with E-state index in [1.165, 1.54) is 0 Å². The summed E-state index contributed by atoms with van der Waals surface area (Å²) in [7, 11) is 1.64. The zero-order valence-electron chi connectivity index (χ0n) is 12.1. The lowest BCUT2D eigenvalue weighted by molar-refractivity contribution is 0.0975. The Labute approximate surface area is 115 Å². The molecule has 0 saturated heterocycles. The lowest BCUT2D eigenvalue weighted by Crippen LogP contribution is -2.12. The minimum absolute atomic E-state index is 0.0677. The smallest absolute Gasteiger partial charge is 0.127 e. The molecule has 1 atom stereocenters. The van der Waals surface area contributed by atoms with Crippen molar-refractivity contribution in [1.82, 2.24) is 0 Å². The Morgan fingerprint density at radius 1 is 1.21 bits per heavy atom. The predicted octanol–water partition coefficient (Wildman–Crippen LogP) is 2.91. The summed E-state index contributed by atoms with van der Waals surface area (Å²) >= 11 is 0. The van der Waals surface area contributed by atoms with Gasteiger partial charge in [0.25, 0.3) is 0 Å². The highest BCUT2D eigenvalue weighted by Gasteiger charge is 2.09. The maximum atomic E-state index is 5.92. The van der Waals surface area contributed by atoms with E-state index in [1.54, 1.807) is 7.11 Å². The minimum atomic E-state index is -0.0677. The van der Waals surface area contributed by atoms with Crippen molar-refractivity contribution in [2.75, 3.05) is 26.9 Å². The molecule has 108 valence electrons. The third kappa shape index (κ3) is 5.49. The number of nitrogens with two attached hydrogens (primary N) is 1. The SMILES string of the molecule is CCCCOCCOc1cc(OC)ccc1[C@@H](C)N. The maximum absolute atomic E-state index is 5.92. The second kappa shape index (κ2) is 8.77. The quantitative estimate of drug-likeness (QED) is 0.699. The largest absolute Gasteiger partial charge is 0.497 e. The third-order valence-electron chi connectivity index (χ3n) is 2.84. The zero-order valence-corrected chi connectivity index (χ0v) is 12.1. The van der Waals surface area contributed by atoms with Gasteiger partial charge in [-0.2, -0.15) is 0 Å². The molecule has 0 aliphatic heterocycles. The third-order valence-corrected chi connectivity index (χ3v) is 2.84. The monoisotopic (exact) mass is 267 g/mol. The van der Waals surface area contributed by atoms with Crippen LogP contribution in [-0.2, 0) is 4.74 Å². The van der Waals surface area contributed by atoms with Gasteiger partial charge in [0.2, 0.25) is 0 Å². The van der Waals surface area contributed by atoms with E-state index in [1.807, 2.05) is 25.1 Å². The van der Waals surface area contributed by atoms with Crippen molar-refractivity contribution < 1.29 is 14.2 Å². The van der Waals surface area contributed by atoms with Crippen LogP contribution in [0.2, 0.25) is 0 Å². The van der Waals surface area contributed by atoms with E-state index >= 15 is 0 Å². The Morgan fingerprint density at radius 2 is 2.00 bits per heavy atom. The van der Waals surface area contributed by atoms with Gasteiger partial charge in [0, 0.05) is 24.3 Å². The van der Waals surface area contributed by atoms with Crippen molar-refractivity contribution >= 4 is 0 Å². The molecule has 1 rings (SSSR count). The molecule has 0 aliphatic carbocycles. The molecule has 0 amide bonds. The summed E-state index contributed by atoms with van der Waals surface area (Å²) in [6.45, 7) is 5.99. The number of methoxy groups -OCH3 is 1. The Hall–Kier alpha value is -1.26. The van der Waals surface area contributed by atoms with Crippen molar-refractivity contribution in [3.63, 3.8) is 0 Å². The standard InChI is InChI=1S/C15H25NO3/c1-4-5-8-18-9-10-19-15-11-13(17-3)6-7-14(15)12(2)16/h6-7,11-12H,4-5,8-10,16H2,1-3H3/t12-/m1/s1. The fourth-order valence-electron chi connectivity index (χ4n) is 1.70. The second-order valence-corrected chi connectivity index (χ2v) is 4.51. The molecule has 0 unspecified atom stereocenters. The van der Waals surface area contributed by atoms with E-state index < -0.39 is 0 Å². The molecule has 0 bridgehead atoms. The van der Waals surface area contributed by atoms with E-state index in [9.17, 15) is 0 Å². The minimum Gasteiger partial charge on any atom is -0.497 e. The van der Waals surface area contributed by atoms with Crippen molar-refractivity contribution in [2.24, 2.45) is 5.73 Å². The molecule has 0 spiro atoms. The molecule has 19 heavy (non-hydrogen) atoms. The number of hydrogen-bond acceptors (Lipinski definition) is 4. The normalized spacial score (nSPS) is 12.2. The Morgan fingerprint density at radius 3 is 2.63 bits per heavy atom. The van der Waals surface area contributed by atoms with Crippen LogP contribution in [-0.4, -0.2) is 26.9 Å². The molecular formula is C15H25NO3. The van der Waals surface area contributed by atoms with E-state index in [2.05, 4.69) is 6.92 Å². The van der Waals surface area contributed by atoms with Gasteiger partial charge >= 0.3 is 0 Å². The molecule has 0 saturated carbocycles. The van der Waals surface area contributed by atoms with Gasteiger partial charge in [-0.15, -0.1) is 0 Å². The number of hydrogen-bond donors (Lipinski definition) is 1. The molecule has 4 nitrogen and oxygen atoms in total. The molecule has 0 aliphatic rings. The maximum Gasteiger partial charge on any atom is 0.127 e. The summed E-state index contributed by atoms with van der Waals surface area (Å²) in [5.74, 6) is 1.54. The first-order valence-corrected chi connectivity index (χ1v) is 6.83. The fourth-order valence-corrected chi connectivity index (χ4v) is 1.70. The topological polar surface area (TPSA) is 53.7 Å². The summed E-state index contributed by atoms with van der Waals surface area (Å²) in [6, 6.07) is 5.63. The van der Waals surface area contributed by atoms with Crippen LogP contribution in [0.3, 0.4) is 0 Å². The predicted molar refractivity (Wildman–Crippen MR) is 76.8 cm³/mol. The van der Waals surface area contributed by atoms with E-state index in [0.29, 0.717) is 13.2 Å². The van der Waals surface area contributed by atoms with Gasteiger partial charge < -0.3 is 19.9 Å². The van der Waals surface area contributed by atoms with Gasteiger partial charge in [-0.1, -0.05) is 19.4 Å². The van der Waals surface area contributed by atoms with Crippen molar-refractivity contribution in [3.8, 4) is 11.5 Å². The van der Waals surface area contributed by atoms with E-state index in [-0.39, 0.29) is 6.04 Å². The number of unbranched alkanes of at least 4 members (excludes halogenated alkanes) is 1. The highest BCUT2D eigenvalue weighted by Crippen LogP contribution is 2.28. The van der Waals surface area contributed by atoms with Crippen molar-refractivity contribution in [3.05, 3.63) is 23.8 Å². The van der Waals surface area contributed by atoms with Crippen LogP contribution < -0.4 is 15.2 Å². The van der Waals surface area contributed by atoms with Crippen LogP contribution in [0, 0.1) is 0 Å². The van der Waals surface area contributed by atoms with Crippen LogP contribution in [0.1, 0.15) is 38.3 Å². The Balaban J connectivity index is 2.50. The van der Waals surface area contributed by atoms with Gasteiger partial charge in [-0.25, -0.2) is 0 Å². The Kier molecular flexibility index (Phi) is 7.30. The van der Waals surface area contributed by atoms with Crippen LogP contribution >= 0.6 is 0 Å². The number of benzene rings is 1. The summed E-state index contributed by atoms with van der Waals surface area (Å²) in [6.07, 6.45) is 2.23. The van der Waals surface area contributed by atoms with Crippen LogP contribution in [0.15, 0.2) is 18.2 Å². The van der Waals surface area contributed by atoms with Crippen molar-refractivity contribution in [1.29, 1.82) is 0 Å². The van der Waals surface area contributed by atoms with Gasteiger partial charge in [0.15, 0.2) is 0 Å². The first-order valence-electron chi connectivity index (χ1n) is 6.83. The van der Waals surface area contributed by atoms with E-state index in [4.69, 9.17) is 19.9 Å². The highest BCUT2D eigenvalue weighted by molar-refractivity contribution is 5.42. The summed E-state index contributed by atoms with van der Waals surface area (Å²) in [5, 5.41) is 0. The van der Waals surface area contributed by atoms with Crippen LogP contribution in [0.5, 0.6) is 11.5 Å². The average molecular weight is 267 g/mol. The molecule has 0 radical (unpaired) electrons. The van der Waals surface area contributed by atoms with Gasteiger partial charge in [0.05, 0.1) is 13.7 Å². The van der Waals surface area contributed by atoms with Gasteiger partial charge in [-0.05, 0) is 19.4 Å². The first kappa shape index (κ1) is 15.8. The molecule has 0 fully saturated rings.